The van der Waals surface area contributed by atoms with Crippen LogP contribution >= 0.6 is 0 Å². The van der Waals surface area contributed by atoms with E-state index in [2.05, 4.69) is 25.1 Å². The first-order valence-electron chi connectivity index (χ1n) is 8.46. The maximum Gasteiger partial charge on any atom is 0.194 e. The molecule has 0 amide bonds. The van der Waals surface area contributed by atoms with Gasteiger partial charge in [0.05, 0.1) is 11.8 Å². The lowest BCUT2D eigenvalue weighted by Gasteiger charge is -2.18. The third-order valence-electron chi connectivity index (χ3n) is 4.41. The van der Waals surface area contributed by atoms with E-state index in [0.29, 0.717) is 23.5 Å². The Bertz CT molecular complexity index is 978. The van der Waals surface area contributed by atoms with Crippen molar-refractivity contribution in [1.82, 2.24) is 29.7 Å². The van der Waals surface area contributed by atoms with Crippen molar-refractivity contribution < 1.29 is 4.39 Å². The molecular formula is C18H17FN6O. The quantitative estimate of drug-likeness (QED) is 0.783. The summed E-state index contributed by atoms with van der Waals surface area (Å²) in [7, 11) is 0. The van der Waals surface area contributed by atoms with Crippen molar-refractivity contribution in [3.8, 4) is 17.2 Å². The van der Waals surface area contributed by atoms with E-state index in [-0.39, 0.29) is 11.3 Å². The van der Waals surface area contributed by atoms with Gasteiger partial charge in [0.2, 0.25) is 0 Å². The van der Waals surface area contributed by atoms with E-state index in [1.807, 2.05) is 0 Å². The standard InChI is InChI=1S/C18H17FN6O/c19-15-4-2-1-3-12(15)7-13-9-22-18(24-23-13)14-10-21-17(8-16(14)26)25-6-5-20-11-25/h5-11,15H,1-4H2,(H,21,26)/b12-7+/t15-/m1/s1. The molecule has 0 bridgehead atoms. The van der Waals surface area contributed by atoms with Gasteiger partial charge >= 0.3 is 0 Å². The number of imidazole rings is 1. The zero-order valence-corrected chi connectivity index (χ0v) is 14.0. The topological polar surface area (TPSA) is 89.4 Å². The highest BCUT2D eigenvalue weighted by Crippen LogP contribution is 2.27. The van der Waals surface area contributed by atoms with Crippen molar-refractivity contribution in [2.24, 2.45) is 0 Å². The highest BCUT2D eigenvalue weighted by molar-refractivity contribution is 5.55. The summed E-state index contributed by atoms with van der Waals surface area (Å²) in [6.07, 6.45) is 12.0. The second-order valence-corrected chi connectivity index (χ2v) is 6.21. The summed E-state index contributed by atoms with van der Waals surface area (Å²) < 4.78 is 15.6. The molecule has 0 radical (unpaired) electrons. The Kier molecular flexibility index (Phi) is 4.39. The maximum atomic E-state index is 13.9. The van der Waals surface area contributed by atoms with Crippen LogP contribution in [0.2, 0.25) is 0 Å². The summed E-state index contributed by atoms with van der Waals surface area (Å²) in [6.45, 7) is 0. The molecule has 1 aliphatic rings. The normalized spacial score (nSPS) is 19.0. The van der Waals surface area contributed by atoms with E-state index in [4.69, 9.17) is 0 Å². The van der Waals surface area contributed by atoms with Gasteiger partial charge in [0.15, 0.2) is 11.3 Å². The van der Waals surface area contributed by atoms with Gasteiger partial charge in [-0.1, -0.05) is 0 Å². The zero-order chi connectivity index (χ0) is 17.9. The molecule has 0 spiro atoms. The summed E-state index contributed by atoms with van der Waals surface area (Å²) in [4.78, 5) is 23.5. The lowest BCUT2D eigenvalue weighted by atomic mass is 9.92. The number of aromatic nitrogens is 6. The first-order valence-corrected chi connectivity index (χ1v) is 8.46. The highest BCUT2D eigenvalue weighted by atomic mass is 19.1. The van der Waals surface area contributed by atoms with Crippen LogP contribution in [0.1, 0.15) is 31.4 Å². The van der Waals surface area contributed by atoms with Crippen molar-refractivity contribution in [3.63, 3.8) is 0 Å². The molecule has 1 fully saturated rings. The molecule has 0 aromatic carbocycles. The fourth-order valence-corrected chi connectivity index (χ4v) is 3.01. The number of alkyl halides is 1. The molecule has 26 heavy (non-hydrogen) atoms. The number of hydrogen-bond donors (Lipinski definition) is 1. The van der Waals surface area contributed by atoms with E-state index in [9.17, 15) is 9.18 Å². The largest absolute Gasteiger partial charge is 0.347 e. The Morgan fingerprint density at radius 3 is 2.92 bits per heavy atom. The van der Waals surface area contributed by atoms with Crippen molar-refractivity contribution in [3.05, 3.63) is 58.7 Å². The minimum Gasteiger partial charge on any atom is -0.347 e. The summed E-state index contributed by atoms with van der Waals surface area (Å²) in [5.74, 6) is 0.822. The molecular weight excluding hydrogens is 335 g/mol. The average Bonchev–Trinajstić information content (AvgIpc) is 3.19. The summed E-state index contributed by atoms with van der Waals surface area (Å²) in [5, 5.41) is 8.10. The van der Waals surface area contributed by atoms with Crippen LogP contribution in [0.5, 0.6) is 0 Å². The summed E-state index contributed by atoms with van der Waals surface area (Å²) in [6, 6.07) is 1.45. The van der Waals surface area contributed by atoms with Crippen LogP contribution in [0.3, 0.4) is 0 Å². The number of pyridine rings is 1. The Hall–Kier alpha value is -3.16. The van der Waals surface area contributed by atoms with Crippen LogP contribution in [0, 0.1) is 0 Å². The average molecular weight is 352 g/mol. The number of rotatable bonds is 3. The molecule has 1 N–H and O–H groups in total. The highest BCUT2D eigenvalue weighted by Gasteiger charge is 2.18. The Morgan fingerprint density at radius 2 is 2.23 bits per heavy atom. The number of halogens is 1. The first-order chi connectivity index (χ1) is 12.7. The number of allylic oxidation sites excluding steroid dienone is 1. The minimum atomic E-state index is -0.913. The second-order valence-electron chi connectivity index (χ2n) is 6.21. The van der Waals surface area contributed by atoms with Gasteiger partial charge < -0.3 is 4.98 Å². The molecule has 1 atom stereocenters. The lowest BCUT2D eigenvalue weighted by molar-refractivity contribution is 0.319. The molecule has 3 aromatic rings. The molecule has 0 saturated heterocycles. The van der Waals surface area contributed by atoms with Gasteiger partial charge in [0.25, 0.3) is 0 Å². The fraction of sp³-hybridized carbons (Fsp3) is 0.278. The van der Waals surface area contributed by atoms with Gasteiger partial charge in [-0.05, 0) is 37.3 Å². The molecule has 1 aliphatic carbocycles. The predicted molar refractivity (Wildman–Crippen MR) is 94.3 cm³/mol. The number of hydrogen-bond acceptors (Lipinski definition) is 5. The Morgan fingerprint density at radius 1 is 1.31 bits per heavy atom. The van der Waals surface area contributed by atoms with Crippen LogP contribution in [0.4, 0.5) is 4.39 Å². The van der Waals surface area contributed by atoms with Gasteiger partial charge in [0, 0.05) is 24.7 Å². The minimum absolute atomic E-state index is 0.226. The Labute approximate surface area is 148 Å². The molecule has 3 heterocycles. The molecule has 8 heteroatoms. The van der Waals surface area contributed by atoms with Crippen molar-refractivity contribution in [2.75, 3.05) is 0 Å². The molecule has 7 nitrogen and oxygen atoms in total. The van der Waals surface area contributed by atoms with Gasteiger partial charge in [-0.15, -0.1) is 10.2 Å². The fourth-order valence-electron chi connectivity index (χ4n) is 3.01. The van der Waals surface area contributed by atoms with Crippen LogP contribution in [-0.2, 0) is 0 Å². The van der Waals surface area contributed by atoms with Crippen LogP contribution < -0.4 is 5.43 Å². The predicted octanol–water partition coefficient (Wildman–Crippen LogP) is 2.71. The monoisotopic (exact) mass is 352 g/mol. The lowest BCUT2D eigenvalue weighted by Crippen LogP contribution is -2.11. The van der Waals surface area contributed by atoms with Gasteiger partial charge in [-0.3, -0.25) is 9.36 Å². The van der Waals surface area contributed by atoms with E-state index in [1.165, 1.54) is 12.3 Å². The maximum absolute atomic E-state index is 13.9. The van der Waals surface area contributed by atoms with Gasteiger partial charge in [-0.2, -0.15) is 0 Å². The van der Waals surface area contributed by atoms with Gasteiger partial charge in [-0.25, -0.2) is 14.4 Å². The molecule has 3 aromatic heterocycles. The van der Waals surface area contributed by atoms with Crippen molar-refractivity contribution >= 4 is 6.08 Å². The number of nitrogens with zero attached hydrogens (tertiary/aromatic N) is 5. The third-order valence-corrected chi connectivity index (χ3v) is 4.41. The SMILES string of the molecule is O=c1cc(-n2ccnc2)[nH]cc1-c1ncc(/C=C2\CCCC[C@H]2F)nn1. The van der Waals surface area contributed by atoms with Crippen LogP contribution in [0.15, 0.2) is 47.5 Å². The molecule has 1 saturated carbocycles. The summed E-state index contributed by atoms with van der Waals surface area (Å²) in [5.41, 5.74) is 1.33. The number of nitrogens with one attached hydrogen (secondary N) is 1. The first kappa shape index (κ1) is 16.3. The van der Waals surface area contributed by atoms with E-state index in [0.717, 1.165) is 24.8 Å². The van der Waals surface area contributed by atoms with E-state index < -0.39 is 6.17 Å². The smallest absolute Gasteiger partial charge is 0.194 e. The Balaban J connectivity index is 1.59. The third kappa shape index (κ3) is 3.30. The zero-order valence-electron chi connectivity index (χ0n) is 14.0. The number of aromatic amines is 1. The van der Waals surface area contributed by atoms with E-state index >= 15 is 0 Å². The number of H-pyrrole nitrogens is 1. The molecule has 0 aliphatic heterocycles. The molecule has 4 rings (SSSR count). The van der Waals surface area contributed by atoms with E-state index in [1.54, 1.807) is 35.6 Å². The van der Waals surface area contributed by atoms with Crippen molar-refractivity contribution in [1.29, 1.82) is 0 Å². The summed E-state index contributed by atoms with van der Waals surface area (Å²) >= 11 is 0. The van der Waals surface area contributed by atoms with Crippen LogP contribution in [0.25, 0.3) is 23.3 Å². The van der Waals surface area contributed by atoms with Crippen LogP contribution in [-0.4, -0.2) is 35.9 Å². The van der Waals surface area contributed by atoms with Gasteiger partial charge in [0.1, 0.15) is 24.0 Å². The molecule has 0 unspecified atom stereocenters. The van der Waals surface area contributed by atoms with Crippen molar-refractivity contribution in [2.45, 2.75) is 31.9 Å². The second kappa shape index (κ2) is 6.99. The molecule has 132 valence electrons.